The van der Waals surface area contributed by atoms with Crippen molar-refractivity contribution in [2.24, 2.45) is 7.05 Å². The molecule has 0 aliphatic rings. The summed E-state index contributed by atoms with van der Waals surface area (Å²) in [6.07, 6.45) is -0.953. The molecule has 2 aromatic carbocycles. The quantitative estimate of drug-likeness (QED) is 0.785. The highest BCUT2D eigenvalue weighted by molar-refractivity contribution is 6.42. The fourth-order valence-electron chi connectivity index (χ4n) is 2.23. The normalized spacial score (nSPS) is 12.8. The van der Waals surface area contributed by atoms with E-state index in [1.807, 2.05) is 0 Å². The maximum absolute atomic E-state index is 11.5. The Hall–Kier alpha value is -1.75. The van der Waals surface area contributed by atoms with E-state index in [1.165, 1.54) is 4.57 Å². The first-order valence-electron chi connectivity index (χ1n) is 6.20. The van der Waals surface area contributed by atoms with Crippen molar-refractivity contribution in [2.45, 2.75) is 6.10 Å². The number of aliphatic hydroxyl groups is 1. The number of oxazole rings is 1. The average molecular weight is 324 g/mol. The highest BCUT2D eigenvalue weighted by Gasteiger charge is 2.17. The SMILES string of the molecule is Cn1c(=O)oc2cc(C(O)c3cccc(Cl)c3Cl)ccc21. The predicted octanol–water partition coefficient (Wildman–Crippen LogP) is 3.52. The Morgan fingerprint density at radius 2 is 2.00 bits per heavy atom. The van der Waals surface area contributed by atoms with Gasteiger partial charge in [-0.3, -0.25) is 4.57 Å². The third-order valence-electron chi connectivity index (χ3n) is 3.41. The molecule has 0 amide bonds. The lowest BCUT2D eigenvalue weighted by molar-refractivity contribution is 0.220. The van der Waals surface area contributed by atoms with Gasteiger partial charge in [-0.2, -0.15) is 0 Å². The number of halogens is 2. The fraction of sp³-hybridized carbons (Fsp3) is 0.133. The van der Waals surface area contributed by atoms with E-state index in [-0.39, 0.29) is 0 Å². The average Bonchev–Trinajstić information content (AvgIpc) is 2.76. The van der Waals surface area contributed by atoms with E-state index in [4.69, 9.17) is 27.6 Å². The van der Waals surface area contributed by atoms with Crippen LogP contribution in [0.3, 0.4) is 0 Å². The minimum atomic E-state index is -0.953. The summed E-state index contributed by atoms with van der Waals surface area (Å²) in [5, 5.41) is 11.1. The topological polar surface area (TPSA) is 55.4 Å². The number of aryl methyl sites for hydroxylation is 1. The molecular weight excluding hydrogens is 313 g/mol. The van der Waals surface area contributed by atoms with Crippen LogP contribution in [0.5, 0.6) is 0 Å². The molecule has 1 N–H and O–H groups in total. The molecule has 0 fully saturated rings. The number of nitrogens with zero attached hydrogens (tertiary/aromatic N) is 1. The van der Waals surface area contributed by atoms with Gasteiger partial charge in [0.25, 0.3) is 0 Å². The van der Waals surface area contributed by atoms with Crippen molar-refractivity contribution in [1.29, 1.82) is 0 Å². The van der Waals surface area contributed by atoms with Gasteiger partial charge in [-0.25, -0.2) is 4.79 Å². The van der Waals surface area contributed by atoms with E-state index < -0.39 is 11.9 Å². The molecule has 0 spiro atoms. The van der Waals surface area contributed by atoms with Crippen LogP contribution in [0.2, 0.25) is 10.0 Å². The zero-order chi connectivity index (χ0) is 15.1. The van der Waals surface area contributed by atoms with Crippen LogP contribution in [-0.2, 0) is 7.05 Å². The van der Waals surface area contributed by atoms with Crippen molar-refractivity contribution in [3.63, 3.8) is 0 Å². The Kier molecular flexibility index (Phi) is 3.53. The number of hydrogen-bond acceptors (Lipinski definition) is 3. The fourth-order valence-corrected chi connectivity index (χ4v) is 2.64. The second-order valence-corrected chi connectivity index (χ2v) is 5.48. The third-order valence-corrected chi connectivity index (χ3v) is 4.24. The van der Waals surface area contributed by atoms with E-state index in [0.717, 1.165) is 0 Å². The van der Waals surface area contributed by atoms with Crippen molar-refractivity contribution in [2.75, 3.05) is 0 Å². The molecule has 0 aliphatic heterocycles. The van der Waals surface area contributed by atoms with Gasteiger partial charge in [-0.15, -0.1) is 0 Å². The largest absolute Gasteiger partial charge is 0.419 e. The summed E-state index contributed by atoms with van der Waals surface area (Å²) in [7, 11) is 1.62. The van der Waals surface area contributed by atoms with Crippen LogP contribution in [0.25, 0.3) is 11.1 Å². The number of aliphatic hydroxyl groups excluding tert-OH is 1. The van der Waals surface area contributed by atoms with E-state index in [1.54, 1.807) is 43.4 Å². The summed E-state index contributed by atoms with van der Waals surface area (Å²) in [4.78, 5) is 11.5. The number of rotatable bonds is 2. The molecule has 1 aromatic heterocycles. The van der Waals surface area contributed by atoms with Crippen LogP contribution in [0.4, 0.5) is 0 Å². The molecule has 1 atom stereocenters. The number of benzene rings is 2. The monoisotopic (exact) mass is 323 g/mol. The second-order valence-electron chi connectivity index (χ2n) is 4.70. The summed E-state index contributed by atoms with van der Waals surface area (Å²) in [6.45, 7) is 0. The van der Waals surface area contributed by atoms with Crippen LogP contribution in [0.15, 0.2) is 45.6 Å². The first kappa shape index (κ1) is 14.2. The molecule has 0 saturated carbocycles. The van der Waals surface area contributed by atoms with Gasteiger partial charge in [0.05, 0.1) is 15.6 Å². The van der Waals surface area contributed by atoms with Crippen molar-refractivity contribution < 1.29 is 9.52 Å². The number of hydrogen-bond donors (Lipinski definition) is 1. The lowest BCUT2D eigenvalue weighted by Crippen LogP contribution is -2.08. The molecule has 108 valence electrons. The molecule has 0 saturated heterocycles. The molecule has 21 heavy (non-hydrogen) atoms. The Labute approximate surface area is 130 Å². The Morgan fingerprint density at radius 3 is 2.76 bits per heavy atom. The highest BCUT2D eigenvalue weighted by atomic mass is 35.5. The van der Waals surface area contributed by atoms with Crippen LogP contribution >= 0.6 is 23.2 Å². The molecule has 6 heteroatoms. The lowest BCUT2D eigenvalue weighted by Gasteiger charge is -2.13. The second kappa shape index (κ2) is 5.22. The summed E-state index contributed by atoms with van der Waals surface area (Å²) in [5.41, 5.74) is 2.15. The van der Waals surface area contributed by atoms with Crippen molar-refractivity contribution in [3.05, 3.63) is 68.1 Å². The van der Waals surface area contributed by atoms with Crippen LogP contribution in [-0.4, -0.2) is 9.67 Å². The maximum Gasteiger partial charge on any atom is 0.419 e. The van der Waals surface area contributed by atoms with Gasteiger partial charge >= 0.3 is 5.76 Å². The third kappa shape index (κ3) is 2.35. The van der Waals surface area contributed by atoms with Crippen molar-refractivity contribution in [1.82, 2.24) is 4.57 Å². The predicted molar refractivity (Wildman–Crippen MR) is 82.0 cm³/mol. The summed E-state index contributed by atoms with van der Waals surface area (Å²) < 4.78 is 6.52. The lowest BCUT2D eigenvalue weighted by atomic mass is 10.0. The molecule has 0 bridgehead atoms. The number of fused-ring (bicyclic) bond motifs is 1. The first-order valence-corrected chi connectivity index (χ1v) is 6.96. The molecule has 4 nitrogen and oxygen atoms in total. The molecule has 0 aliphatic carbocycles. The number of aromatic nitrogens is 1. The van der Waals surface area contributed by atoms with Gasteiger partial charge in [-0.1, -0.05) is 41.4 Å². The van der Waals surface area contributed by atoms with E-state index in [0.29, 0.717) is 32.3 Å². The van der Waals surface area contributed by atoms with Gasteiger partial charge in [0.15, 0.2) is 5.58 Å². The van der Waals surface area contributed by atoms with E-state index in [9.17, 15) is 9.90 Å². The van der Waals surface area contributed by atoms with E-state index in [2.05, 4.69) is 0 Å². The minimum Gasteiger partial charge on any atom is -0.408 e. The van der Waals surface area contributed by atoms with Gasteiger partial charge < -0.3 is 9.52 Å². The van der Waals surface area contributed by atoms with Crippen LogP contribution < -0.4 is 5.76 Å². The van der Waals surface area contributed by atoms with E-state index >= 15 is 0 Å². The Balaban J connectivity index is 2.11. The molecule has 3 aromatic rings. The Bertz CT molecular complexity index is 882. The van der Waals surface area contributed by atoms with Crippen molar-refractivity contribution in [3.8, 4) is 0 Å². The Morgan fingerprint density at radius 1 is 1.24 bits per heavy atom. The van der Waals surface area contributed by atoms with Crippen LogP contribution in [0, 0.1) is 0 Å². The molecule has 3 rings (SSSR count). The molecular formula is C15H11Cl2NO3. The smallest absolute Gasteiger partial charge is 0.408 e. The summed E-state index contributed by atoms with van der Waals surface area (Å²) >= 11 is 12.1. The van der Waals surface area contributed by atoms with Gasteiger partial charge in [-0.05, 0) is 23.8 Å². The zero-order valence-corrected chi connectivity index (χ0v) is 12.5. The summed E-state index contributed by atoms with van der Waals surface area (Å²) in [5.74, 6) is -0.447. The minimum absolute atomic E-state index is 0.307. The van der Waals surface area contributed by atoms with Gasteiger partial charge in [0, 0.05) is 12.6 Å². The standard InChI is InChI=1S/C15H11Cl2NO3/c1-18-11-6-5-8(7-12(11)21-15(18)20)14(19)9-3-2-4-10(16)13(9)17/h2-7,14,19H,1H3. The van der Waals surface area contributed by atoms with Crippen molar-refractivity contribution >= 4 is 34.3 Å². The first-order chi connectivity index (χ1) is 9.99. The summed E-state index contributed by atoms with van der Waals surface area (Å²) in [6, 6.07) is 10.1. The molecule has 1 heterocycles. The zero-order valence-electron chi connectivity index (χ0n) is 11.0. The van der Waals surface area contributed by atoms with Crippen LogP contribution in [0.1, 0.15) is 17.2 Å². The molecule has 1 unspecified atom stereocenters. The maximum atomic E-state index is 11.5. The highest BCUT2D eigenvalue weighted by Crippen LogP contribution is 2.33. The van der Waals surface area contributed by atoms with Gasteiger partial charge in [0.1, 0.15) is 6.10 Å². The van der Waals surface area contributed by atoms with Gasteiger partial charge in [0.2, 0.25) is 0 Å². The molecule has 0 radical (unpaired) electrons.